The Balaban J connectivity index is 1.57. The summed E-state index contributed by atoms with van der Waals surface area (Å²) in [5.41, 5.74) is 2.60. The number of aromatic nitrogens is 2. The van der Waals surface area contributed by atoms with Crippen LogP contribution < -0.4 is 10.2 Å². The zero-order valence-electron chi connectivity index (χ0n) is 17.0. The molecule has 150 valence electrons. The molecule has 1 aliphatic heterocycles. The first kappa shape index (κ1) is 20.3. The molecule has 1 amide bonds. The second-order valence-electron chi connectivity index (χ2n) is 7.57. The van der Waals surface area contributed by atoms with E-state index in [0.717, 1.165) is 43.1 Å². The fourth-order valence-electron chi connectivity index (χ4n) is 3.60. The summed E-state index contributed by atoms with van der Waals surface area (Å²) in [6.45, 7) is 5.02. The van der Waals surface area contributed by atoms with Gasteiger partial charge in [-0.3, -0.25) is 4.79 Å². The molecule has 1 aromatic heterocycles. The highest BCUT2D eigenvalue weighted by Crippen LogP contribution is 2.21. The third-order valence-electron chi connectivity index (χ3n) is 5.30. The molecule has 3 rings (SSSR count). The van der Waals surface area contributed by atoms with E-state index in [4.69, 9.17) is 0 Å². The van der Waals surface area contributed by atoms with Crippen LogP contribution in [0.4, 0.5) is 5.95 Å². The average Bonchev–Trinajstić information content (AvgIpc) is 2.77. The molecule has 28 heavy (non-hydrogen) atoms. The standard InChI is InChI=1S/C23H32N4O/c1-2-3-4-5-7-13-24-22(28)20-12-10-11-19(16-20)21-17-25-23(26-18-21)27-14-8-6-9-15-27/h10-12,16-18H,2-9,13-15H2,1H3,(H,24,28). The maximum Gasteiger partial charge on any atom is 0.251 e. The van der Waals surface area contributed by atoms with Gasteiger partial charge in [0, 0.05) is 43.2 Å². The number of carbonyl (C=O) groups excluding carboxylic acids is 1. The molecule has 1 saturated heterocycles. The van der Waals surface area contributed by atoms with E-state index in [0.29, 0.717) is 5.56 Å². The molecule has 1 aliphatic rings. The van der Waals surface area contributed by atoms with Gasteiger partial charge in [-0.15, -0.1) is 0 Å². The molecule has 0 unspecified atom stereocenters. The number of nitrogens with zero attached hydrogens (tertiary/aromatic N) is 3. The second-order valence-corrected chi connectivity index (χ2v) is 7.57. The van der Waals surface area contributed by atoms with Crippen molar-refractivity contribution in [1.29, 1.82) is 0 Å². The number of benzene rings is 1. The maximum atomic E-state index is 12.4. The number of unbranched alkanes of at least 4 members (excludes halogenated alkanes) is 4. The predicted octanol–water partition coefficient (Wildman–Crippen LogP) is 4.83. The third-order valence-corrected chi connectivity index (χ3v) is 5.30. The van der Waals surface area contributed by atoms with Gasteiger partial charge in [0.25, 0.3) is 5.91 Å². The first-order valence-corrected chi connectivity index (χ1v) is 10.7. The Morgan fingerprint density at radius 1 is 1.00 bits per heavy atom. The fourth-order valence-corrected chi connectivity index (χ4v) is 3.60. The number of amides is 1. The van der Waals surface area contributed by atoms with Crippen molar-refractivity contribution < 1.29 is 4.79 Å². The van der Waals surface area contributed by atoms with E-state index in [1.165, 1.54) is 44.9 Å². The van der Waals surface area contributed by atoms with Gasteiger partial charge in [-0.25, -0.2) is 9.97 Å². The highest BCUT2D eigenvalue weighted by molar-refractivity contribution is 5.95. The summed E-state index contributed by atoms with van der Waals surface area (Å²) in [5, 5.41) is 3.03. The highest BCUT2D eigenvalue weighted by Gasteiger charge is 2.13. The van der Waals surface area contributed by atoms with E-state index in [2.05, 4.69) is 27.1 Å². The molecule has 1 aromatic carbocycles. The monoisotopic (exact) mass is 380 g/mol. The van der Waals surface area contributed by atoms with E-state index in [-0.39, 0.29) is 5.91 Å². The van der Waals surface area contributed by atoms with E-state index in [1.54, 1.807) is 0 Å². The molecule has 2 heterocycles. The lowest BCUT2D eigenvalue weighted by atomic mass is 10.1. The van der Waals surface area contributed by atoms with Crippen LogP contribution in [0.25, 0.3) is 11.1 Å². The molecule has 0 radical (unpaired) electrons. The van der Waals surface area contributed by atoms with Gasteiger partial charge in [0.1, 0.15) is 0 Å². The van der Waals surface area contributed by atoms with Crippen LogP contribution in [0.3, 0.4) is 0 Å². The van der Waals surface area contributed by atoms with Crippen LogP contribution in [0.2, 0.25) is 0 Å². The van der Waals surface area contributed by atoms with Crippen LogP contribution in [-0.2, 0) is 0 Å². The Morgan fingerprint density at radius 3 is 2.50 bits per heavy atom. The minimum absolute atomic E-state index is 0.0109. The minimum atomic E-state index is -0.0109. The van der Waals surface area contributed by atoms with Crippen LogP contribution in [0, 0.1) is 0 Å². The Hall–Kier alpha value is -2.43. The van der Waals surface area contributed by atoms with Gasteiger partial charge in [0.15, 0.2) is 0 Å². The number of hydrogen-bond donors (Lipinski definition) is 1. The van der Waals surface area contributed by atoms with Crippen molar-refractivity contribution in [3.63, 3.8) is 0 Å². The SMILES string of the molecule is CCCCCCCNC(=O)c1cccc(-c2cnc(N3CCCCC3)nc2)c1. The molecule has 0 saturated carbocycles. The maximum absolute atomic E-state index is 12.4. The molecule has 0 bridgehead atoms. The van der Waals surface area contributed by atoms with E-state index in [1.807, 2.05) is 36.7 Å². The van der Waals surface area contributed by atoms with Crippen molar-refractivity contribution in [2.24, 2.45) is 0 Å². The van der Waals surface area contributed by atoms with Gasteiger partial charge in [-0.2, -0.15) is 0 Å². The largest absolute Gasteiger partial charge is 0.352 e. The smallest absolute Gasteiger partial charge is 0.251 e. The Bertz CT molecular complexity index is 739. The van der Waals surface area contributed by atoms with Gasteiger partial charge < -0.3 is 10.2 Å². The zero-order chi connectivity index (χ0) is 19.6. The van der Waals surface area contributed by atoms with Gasteiger partial charge in [-0.1, -0.05) is 44.7 Å². The first-order chi connectivity index (χ1) is 13.8. The number of anilines is 1. The molecule has 0 spiro atoms. The summed E-state index contributed by atoms with van der Waals surface area (Å²) < 4.78 is 0. The molecule has 1 N–H and O–H groups in total. The van der Waals surface area contributed by atoms with Crippen LogP contribution in [0.1, 0.15) is 68.6 Å². The van der Waals surface area contributed by atoms with Crippen molar-refractivity contribution >= 4 is 11.9 Å². The van der Waals surface area contributed by atoms with Gasteiger partial charge in [-0.05, 0) is 43.4 Å². The topological polar surface area (TPSA) is 58.1 Å². The Kier molecular flexibility index (Phi) is 7.82. The summed E-state index contributed by atoms with van der Waals surface area (Å²) in [6, 6.07) is 7.70. The van der Waals surface area contributed by atoms with Gasteiger partial charge >= 0.3 is 0 Å². The van der Waals surface area contributed by atoms with Crippen molar-refractivity contribution in [1.82, 2.24) is 15.3 Å². The molecule has 5 heteroatoms. The third kappa shape index (κ3) is 5.78. The van der Waals surface area contributed by atoms with Crippen LogP contribution in [0.5, 0.6) is 0 Å². The first-order valence-electron chi connectivity index (χ1n) is 10.7. The summed E-state index contributed by atoms with van der Waals surface area (Å²) in [6.07, 6.45) is 13.4. The van der Waals surface area contributed by atoms with Crippen LogP contribution in [0.15, 0.2) is 36.7 Å². The summed E-state index contributed by atoms with van der Waals surface area (Å²) >= 11 is 0. The van der Waals surface area contributed by atoms with Crippen LogP contribution >= 0.6 is 0 Å². The summed E-state index contributed by atoms with van der Waals surface area (Å²) in [5.74, 6) is 0.795. The van der Waals surface area contributed by atoms with Gasteiger partial charge in [0.05, 0.1) is 0 Å². The summed E-state index contributed by atoms with van der Waals surface area (Å²) in [4.78, 5) is 23.8. The Morgan fingerprint density at radius 2 is 1.75 bits per heavy atom. The van der Waals surface area contributed by atoms with Gasteiger partial charge in [0.2, 0.25) is 5.95 Å². The molecule has 0 atom stereocenters. The number of nitrogens with one attached hydrogen (secondary N) is 1. The number of rotatable bonds is 9. The minimum Gasteiger partial charge on any atom is -0.352 e. The second kappa shape index (κ2) is 10.8. The number of hydrogen-bond acceptors (Lipinski definition) is 4. The van der Waals surface area contributed by atoms with Crippen LogP contribution in [-0.4, -0.2) is 35.5 Å². The molecule has 5 nitrogen and oxygen atoms in total. The quantitative estimate of drug-likeness (QED) is 0.633. The fraction of sp³-hybridized carbons (Fsp3) is 0.522. The molecular weight excluding hydrogens is 348 g/mol. The lowest BCUT2D eigenvalue weighted by Gasteiger charge is -2.26. The lowest BCUT2D eigenvalue weighted by Crippen LogP contribution is -2.30. The normalized spacial score (nSPS) is 14.1. The highest BCUT2D eigenvalue weighted by atomic mass is 16.1. The van der Waals surface area contributed by atoms with E-state index < -0.39 is 0 Å². The van der Waals surface area contributed by atoms with E-state index >= 15 is 0 Å². The predicted molar refractivity (Wildman–Crippen MR) is 115 cm³/mol. The van der Waals surface area contributed by atoms with Crippen molar-refractivity contribution in [3.05, 3.63) is 42.2 Å². The molecule has 0 aliphatic carbocycles. The van der Waals surface area contributed by atoms with Crippen molar-refractivity contribution in [2.75, 3.05) is 24.5 Å². The zero-order valence-corrected chi connectivity index (χ0v) is 17.0. The number of piperidine rings is 1. The average molecular weight is 381 g/mol. The molecule has 2 aromatic rings. The molecule has 1 fully saturated rings. The van der Waals surface area contributed by atoms with Crippen molar-refractivity contribution in [3.8, 4) is 11.1 Å². The Labute approximate surface area is 168 Å². The summed E-state index contributed by atoms with van der Waals surface area (Å²) in [7, 11) is 0. The van der Waals surface area contributed by atoms with E-state index in [9.17, 15) is 4.79 Å². The lowest BCUT2D eigenvalue weighted by molar-refractivity contribution is 0.0953. The number of carbonyl (C=O) groups is 1. The molecular formula is C23H32N4O. The van der Waals surface area contributed by atoms with Crippen molar-refractivity contribution in [2.45, 2.75) is 58.3 Å².